The Balaban J connectivity index is 1.74. The number of piperazine rings is 1. The molecule has 2 aliphatic rings. The molecule has 0 bridgehead atoms. The minimum absolute atomic E-state index is 0.00830. The molecule has 3 heterocycles. The number of fused-ring (bicyclic) bond motifs is 1. The highest BCUT2D eigenvalue weighted by Gasteiger charge is 2.45. The molecule has 7 nitrogen and oxygen atoms in total. The van der Waals surface area contributed by atoms with Crippen LogP contribution in [0.5, 0.6) is 0 Å². The van der Waals surface area contributed by atoms with Crippen molar-refractivity contribution in [2.24, 2.45) is 0 Å². The third kappa shape index (κ3) is 4.19. The van der Waals surface area contributed by atoms with E-state index >= 15 is 0 Å². The summed E-state index contributed by atoms with van der Waals surface area (Å²) < 4.78 is 0. The van der Waals surface area contributed by atoms with Gasteiger partial charge in [-0.05, 0) is 28.8 Å². The van der Waals surface area contributed by atoms with Gasteiger partial charge in [0.1, 0.15) is 6.04 Å². The molecule has 2 saturated heterocycles. The highest BCUT2D eigenvalue weighted by Crippen LogP contribution is 2.27. The fraction of sp³-hybridized carbons (Fsp3) is 0.588. The van der Waals surface area contributed by atoms with Crippen molar-refractivity contribution in [3.8, 4) is 0 Å². The standard InChI is InChI=1S/C17H24N4O3S/c1-11(22)18-6-16-17(24)21-8-14(19-12(2)23)5-15(21)9-20(16)7-13-3-4-25-10-13/h3-4,10,14-16H,5-9H2,1-2H3,(H,18,22)(H,19,23)/t14-,15-,16-/m0/s1. The fourth-order valence-corrected chi connectivity index (χ4v) is 4.41. The van der Waals surface area contributed by atoms with Crippen LogP contribution in [0.2, 0.25) is 0 Å². The monoisotopic (exact) mass is 364 g/mol. The second kappa shape index (κ2) is 7.53. The minimum Gasteiger partial charge on any atom is -0.354 e. The molecule has 0 unspecified atom stereocenters. The van der Waals surface area contributed by atoms with E-state index in [9.17, 15) is 14.4 Å². The Hall–Kier alpha value is -1.93. The molecule has 3 atom stereocenters. The van der Waals surface area contributed by atoms with Crippen molar-refractivity contribution in [2.75, 3.05) is 19.6 Å². The summed E-state index contributed by atoms with van der Waals surface area (Å²) in [6, 6.07) is 1.81. The molecule has 3 amide bonds. The zero-order chi connectivity index (χ0) is 18.0. The molecule has 0 radical (unpaired) electrons. The Kier molecular flexibility index (Phi) is 5.39. The number of amides is 3. The van der Waals surface area contributed by atoms with Crippen LogP contribution >= 0.6 is 11.3 Å². The highest BCUT2D eigenvalue weighted by atomic mass is 32.1. The van der Waals surface area contributed by atoms with Crippen molar-refractivity contribution in [3.05, 3.63) is 22.4 Å². The smallest absolute Gasteiger partial charge is 0.242 e. The predicted molar refractivity (Wildman–Crippen MR) is 94.9 cm³/mol. The zero-order valence-corrected chi connectivity index (χ0v) is 15.3. The molecule has 2 N–H and O–H groups in total. The lowest BCUT2D eigenvalue weighted by atomic mass is 10.0. The third-order valence-corrected chi connectivity index (χ3v) is 5.52. The van der Waals surface area contributed by atoms with Crippen LogP contribution in [-0.2, 0) is 20.9 Å². The van der Waals surface area contributed by atoms with Crippen LogP contribution in [-0.4, -0.2) is 65.3 Å². The van der Waals surface area contributed by atoms with Crippen molar-refractivity contribution < 1.29 is 14.4 Å². The molecule has 2 aliphatic heterocycles. The lowest BCUT2D eigenvalue weighted by Gasteiger charge is -2.42. The van der Waals surface area contributed by atoms with Crippen LogP contribution in [0.15, 0.2) is 16.8 Å². The lowest BCUT2D eigenvalue weighted by molar-refractivity contribution is -0.144. The van der Waals surface area contributed by atoms with E-state index in [1.807, 2.05) is 10.3 Å². The van der Waals surface area contributed by atoms with E-state index in [0.29, 0.717) is 19.6 Å². The van der Waals surface area contributed by atoms with Gasteiger partial charge >= 0.3 is 0 Å². The van der Waals surface area contributed by atoms with E-state index in [4.69, 9.17) is 0 Å². The first-order valence-electron chi connectivity index (χ1n) is 8.51. The van der Waals surface area contributed by atoms with Gasteiger partial charge in [0.15, 0.2) is 0 Å². The number of nitrogens with zero attached hydrogens (tertiary/aromatic N) is 2. The van der Waals surface area contributed by atoms with Crippen molar-refractivity contribution >= 4 is 29.1 Å². The number of carbonyl (C=O) groups is 3. The minimum atomic E-state index is -0.365. The summed E-state index contributed by atoms with van der Waals surface area (Å²) in [6.45, 7) is 5.26. The maximum Gasteiger partial charge on any atom is 0.242 e. The van der Waals surface area contributed by atoms with Crippen LogP contribution < -0.4 is 10.6 Å². The molecule has 0 aliphatic carbocycles. The van der Waals surface area contributed by atoms with Crippen molar-refractivity contribution in [1.29, 1.82) is 0 Å². The van der Waals surface area contributed by atoms with Gasteiger partial charge in [0.2, 0.25) is 17.7 Å². The third-order valence-electron chi connectivity index (χ3n) is 4.79. The second-order valence-electron chi connectivity index (χ2n) is 6.79. The largest absolute Gasteiger partial charge is 0.354 e. The number of rotatable bonds is 5. The molecule has 1 aromatic heterocycles. The Morgan fingerprint density at radius 1 is 1.28 bits per heavy atom. The van der Waals surface area contributed by atoms with E-state index in [2.05, 4.69) is 27.0 Å². The van der Waals surface area contributed by atoms with Crippen LogP contribution in [0.4, 0.5) is 0 Å². The molecule has 0 spiro atoms. The molecule has 136 valence electrons. The number of thiophene rings is 1. The van der Waals surface area contributed by atoms with E-state index < -0.39 is 0 Å². The zero-order valence-electron chi connectivity index (χ0n) is 14.5. The van der Waals surface area contributed by atoms with E-state index in [0.717, 1.165) is 13.0 Å². The average molecular weight is 364 g/mol. The summed E-state index contributed by atoms with van der Waals surface area (Å²) >= 11 is 1.64. The van der Waals surface area contributed by atoms with Gasteiger partial charge in [-0.15, -0.1) is 0 Å². The van der Waals surface area contributed by atoms with E-state index in [1.165, 1.54) is 19.4 Å². The van der Waals surface area contributed by atoms with Crippen LogP contribution in [0.1, 0.15) is 25.8 Å². The fourth-order valence-electron chi connectivity index (χ4n) is 3.75. The first-order valence-corrected chi connectivity index (χ1v) is 9.45. The molecular weight excluding hydrogens is 340 g/mol. The maximum absolute atomic E-state index is 13.0. The van der Waals surface area contributed by atoms with Gasteiger partial charge in [0.25, 0.3) is 0 Å². The Morgan fingerprint density at radius 2 is 2.08 bits per heavy atom. The highest BCUT2D eigenvalue weighted by molar-refractivity contribution is 7.07. The van der Waals surface area contributed by atoms with Crippen LogP contribution in [0.25, 0.3) is 0 Å². The van der Waals surface area contributed by atoms with Gasteiger partial charge in [-0.25, -0.2) is 0 Å². The molecule has 3 rings (SSSR count). The molecule has 2 fully saturated rings. The first kappa shape index (κ1) is 17.9. The second-order valence-corrected chi connectivity index (χ2v) is 7.57. The topological polar surface area (TPSA) is 81.8 Å². The van der Waals surface area contributed by atoms with Gasteiger partial charge in [0.05, 0.1) is 0 Å². The number of hydrogen-bond acceptors (Lipinski definition) is 5. The first-order chi connectivity index (χ1) is 11.9. The molecule has 25 heavy (non-hydrogen) atoms. The average Bonchev–Trinajstić information content (AvgIpc) is 3.15. The van der Waals surface area contributed by atoms with Crippen molar-refractivity contribution in [2.45, 2.75) is 44.9 Å². The Labute approximate surface area is 151 Å². The summed E-state index contributed by atoms with van der Waals surface area (Å²) in [6.07, 6.45) is 0.776. The molecule has 1 aromatic rings. The van der Waals surface area contributed by atoms with E-state index in [1.54, 1.807) is 11.3 Å². The van der Waals surface area contributed by atoms with Gasteiger partial charge < -0.3 is 15.5 Å². The Morgan fingerprint density at radius 3 is 2.72 bits per heavy atom. The summed E-state index contributed by atoms with van der Waals surface area (Å²) in [5.41, 5.74) is 1.18. The molecule has 0 saturated carbocycles. The molecular formula is C17H24N4O3S. The number of hydrogen-bond donors (Lipinski definition) is 2. The summed E-state index contributed by atoms with van der Waals surface area (Å²) in [5, 5.41) is 9.82. The quantitative estimate of drug-likeness (QED) is 0.781. The SMILES string of the molecule is CC(=O)NC[C@H]1C(=O)N2C[C@@H](NC(C)=O)C[C@H]2CN1Cc1ccsc1. The molecule has 0 aromatic carbocycles. The van der Waals surface area contributed by atoms with Gasteiger partial charge in [0, 0.05) is 52.1 Å². The molecule has 8 heteroatoms. The van der Waals surface area contributed by atoms with Gasteiger partial charge in [-0.3, -0.25) is 19.3 Å². The lowest BCUT2D eigenvalue weighted by Crippen LogP contribution is -2.62. The van der Waals surface area contributed by atoms with Crippen molar-refractivity contribution in [1.82, 2.24) is 20.4 Å². The summed E-state index contributed by atoms with van der Waals surface area (Å²) in [7, 11) is 0. The van der Waals surface area contributed by atoms with Gasteiger partial charge in [-0.1, -0.05) is 0 Å². The number of nitrogens with one attached hydrogen (secondary N) is 2. The van der Waals surface area contributed by atoms with Crippen LogP contribution in [0, 0.1) is 0 Å². The van der Waals surface area contributed by atoms with E-state index in [-0.39, 0.29) is 35.8 Å². The maximum atomic E-state index is 13.0. The predicted octanol–water partition coefficient (Wildman–Crippen LogP) is 0.174. The Bertz CT molecular complexity index is 648. The van der Waals surface area contributed by atoms with Gasteiger partial charge in [-0.2, -0.15) is 11.3 Å². The summed E-state index contributed by atoms with van der Waals surface area (Å²) in [5.74, 6) is -0.168. The normalized spacial score (nSPS) is 26.4. The number of carbonyl (C=O) groups excluding carboxylic acids is 3. The van der Waals surface area contributed by atoms with Crippen molar-refractivity contribution in [3.63, 3.8) is 0 Å². The summed E-state index contributed by atoms with van der Waals surface area (Å²) in [4.78, 5) is 39.7. The van der Waals surface area contributed by atoms with Crippen LogP contribution in [0.3, 0.4) is 0 Å².